The maximum Gasteiger partial charge on any atom is 0.0285 e. The molecule has 0 saturated heterocycles. The van der Waals surface area contributed by atoms with Crippen LogP contribution in [0.2, 0.25) is 0 Å². The molecule has 1 unspecified atom stereocenters. The van der Waals surface area contributed by atoms with Gasteiger partial charge in [0.2, 0.25) is 0 Å². The molecule has 0 saturated carbocycles. The Morgan fingerprint density at radius 3 is 2.71 bits per heavy atom. The van der Waals surface area contributed by atoms with Crippen molar-refractivity contribution < 1.29 is 0 Å². The Hall–Kier alpha value is 0.140. The highest BCUT2D eigenvalue weighted by Gasteiger charge is 2.12. The predicted octanol–water partition coefficient (Wildman–Crippen LogP) is 4.72. The lowest BCUT2D eigenvalue weighted by Crippen LogP contribution is -2.25. The number of hydrogen-bond donors (Lipinski definition) is 1. The molecule has 0 aliphatic heterocycles. The van der Waals surface area contributed by atoms with Crippen LogP contribution in [-0.2, 0) is 6.42 Å². The van der Waals surface area contributed by atoms with Crippen LogP contribution in [0.4, 0.5) is 0 Å². The molecule has 0 aliphatic carbocycles. The minimum Gasteiger partial charge on any atom is -0.316 e. The van der Waals surface area contributed by atoms with Crippen LogP contribution in [-0.4, -0.2) is 13.1 Å². The van der Waals surface area contributed by atoms with Crippen LogP contribution in [0.25, 0.3) is 0 Å². The summed E-state index contributed by atoms with van der Waals surface area (Å²) in [4.78, 5) is 1.50. The predicted molar refractivity (Wildman–Crippen MR) is 81.8 cm³/mol. The van der Waals surface area contributed by atoms with Crippen molar-refractivity contribution in [3.05, 3.63) is 20.8 Å². The van der Waals surface area contributed by atoms with E-state index in [1.807, 2.05) is 11.3 Å². The third kappa shape index (κ3) is 6.58. The summed E-state index contributed by atoms with van der Waals surface area (Å²) >= 11 is 5.40. The van der Waals surface area contributed by atoms with Crippen LogP contribution in [0.3, 0.4) is 0 Å². The smallest absolute Gasteiger partial charge is 0.0285 e. The van der Waals surface area contributed by atoms with E-state index in [0.717, 1.165) is 24.9 Å². The standard InChI is InChI=1S/C14H24BrNS/c1-4-5-16-9-12(6-11(2)3)7-14-8-13(15)10-17-14/h8,10-12,16H,4-7,9H2,1-3H3. The number of nitrogens with one attached hydrogen (secondary N) is 1. The second-order valence-electron chi connectivity index (χ2n) is 5.14. The van der Waals surface area contributed by atoms with E-state index < -0.39 is 0 Å². The van der Waals surface area contributed by atoms with E-state index >= 15 is 0 Å². The zero-order valence-corrected chi connectivity index (χ0v) is 13.5. The Morgan fingerprint density at radius 2 is 2.18 bits per heavy atom. The van der Waals surface area contributed by atoms with Crippen LogP contribution in [0, 0.1) is 11.8 Å². The van der Waals surface area contributed by atoms with Crippen LogP contribution in [0.15, 0.2) is 15.9 Å². The van der Waals surface area contributed by atoms with Crippen molar-refractivity contribution >= 4 is 27.3 Å². The maximum absolute atomic E-state index is 3.56. The fraction of sp³-hybridized carbons (Fsp3) is 0.714. The second kappa shape index (κ2) is 8.28. The van der Waals surface area contributed by atoms with Crippen molar-refractivity contribution in [3.8, 4) is 0 Å². The summed E-state index contributed by atoms with van der Waals surface area (Å²) in [5.41, 5.74) is 0. The van der Waals surface area contributed by atoms with Gasteiger partial charge >= 0.3 is 0 Å². The summed E-state index contributed by atoms with van der Waals surface area (Å²) < 4.78 is 1.22. The topological polar surface area (TPSA) is 12.0 Å². The van der Waals surface area contributed by atoms with E-state index in [0.29, 0.717) is 0 Å². The number of rotatable bonds is 8. The van der Waals surface area contributed by atoms with Crippen molar-refractivity contribution in [1.29, 1.82) is 0 Å². The fourth-order valence-corrected chi connectivity index (χ4v) is 3.70. The van der Waals surface area contributed by atoms with Crippen LogP contribution < -0.4 is 5.32 Å². The Balaban J connectivity index is 2.44. The van der Waals surface area contributed by atoms with Gasteiger partial charge in [0.05, 0.1) is 0 Å². The van der Waals surface area contributed by atoms with Crippen LogP contribution in [0.5, 0.6) is 0 Å². The first kappa shape index (κ1) is 15.2. The van der Waals surface area contributed by atoms with Crippen molar-refractivity contribution in [2.75, 3.05) is 13.1 Å². The molecule has 1 rings (SSSR count). The van der Waals surface area contributed by atoms with Gasteiger partial charge in [0.15, 0.2) is 0 Å². The molecule has 3 heteroatoms. The van der Waals surface area contributed by atoms with E-state index in [4.69, 9.17) is 0 Å². The van der Waals surface area contributed by atoms with Gasteiger partial charge in [-0.3, -0.25) is 0 Å². The first-order valence-electron chi connectivity index (χ1n) is 6.55. The molecule has 1 nitrogen and oxygen atoms in total. The highest BCUT2D eigenvalue weighted by atomic mass is 79.9. The highest BCUT2D eigenvalue weighted by molar-refractivity contribution is 9.10. The van der Waals surface area contributed by atoms with E-state index in [2.05, 4.69) is 53.5 Å². The first-order valence-corrected chi connectivity index (χ1v) is 8.22. The quantitative estimate of drug-likeness (QED) is 0.684. The van der Waals surface area contributed by atoms with Gasteiger partial charge < -0.3 is 5.32 Å². The minimum atomic E-state index is 0.770. The highest BCUT2D eigenvalue weighted by Crippen LogP contribution is 2.24. The Kier molecular flexibility index (Phi) is 7.40. The van der Waals surface area contributed by atoms with Gasteiger partial charge in [-0.1, -0.05) is 20.8 Å². The molecular formula is C14H24BrNS. The van der Waals surface area contributed by atoms with Gasteiger partial charge in [0.25, 0.3) is 0 Å². The molecule has 1 heterocycles. The molecule has 1 N–H and O–H groups in total. The summed E-state index contributed by atoms with van der Waals surface area (Å²) in [5, 5.41) is 5.74. The average molecular weight is 318 g/mol. The average Bonchev–Trinajstić information content (AvgIpc) is 2.63. The summed E-state index contributed by atoms with van der Waals surface area (Å²) in [6.45, 7) is 9.15. The summed E-state index contributed by atoms with van der Waals surface area (Å²) in [5.74, 6) is 1.55. The molecule has 98 valence electrons. The molecule has 0 aromatic carbocycles. The molecular weight excluding hydrogens is 294 g/mol. The van der Waals surface area contributed by atoms with Gasteiger partial charge in [-0.05, 0) is 66.2 Å². The third-order valence-electron chi connectivity index (χ3n) is 2.78. The molecule has 0 radical (unpaired) electrons. The second-order valence-corrected chi connectivity index (χ2v) is 7.05. The Morgan fingerprint density at radius 1 is 1.41 bits per heavy atom. The summed E-state index contributed by atoms with van der Waals surface area (Å²) in [6.07, 6.45) is 3.75. The van der Waals surface area contributed by atoms with Crippen LogP contribution >= 0.6 is 27.3 Å². The van der Waals surface area contributed by atoms with E-state index in [9.17, 15) is 0 Å². The largest absolute Gasteiger partial charge is 0.316 e. The third-order valence-corrected chi connectivity index (χ3v) is 4.50. The molecule has 0 aliphatic rings. The lowest BCUT2D eigenvalue weighted by atomic mass is 9.93. The first-order chi connectivity index (χ1) is 8.11. The summed E-state index contributed by atoms with van der Waals surface area (Å²) in [6, 6.07) is 2.26. The Labute approximate surface area is 118 Å². The Bertz CT molecular complexity index is 309. The van der Waals surface area contributed by atoms with E-state index in [1.165, 1.54) is 28.6 Å². The normalized spacial score (nSPS) is 13.2. The SMILES string of the molecule is CCCNCC(Cc1cc(Br)cs1)CC(C)C. The number of thiophene rings is 1. The van der Waals surface area contributed by atoms with Crippen molar-refractivity contribution in [3.63, 3.8) is 0 Å². The molecule has 1 aromatic rings. The molecule has 0 bridgehead atoms. The summed E-state index contributed by atoms with van der Waals surface area (Å²) in [7, 11) is 0. The molecule has 0 amide bonds. The molecule has 1 aromatic heterocycles. The van der Waals surface area contributed by atoms with Gasteiger partial charge in [-0.15, -0.1) is 11.3 Å². The minimum absolute atomic E-state index is 0.770. The van der Waals surface area contributed by atoms with Gasteiger partial charge in [-0.25, -0.2) is 0 Å². The zero-order chi connectivity index (χ0) is 12.7. The molecule has 1 atom stereocenters. The molecule has 0 spiro atoms. The van der Waals surface area contributed by atoms with Gasteiger partial charge in [0.1, 0.15) is 0 Å². The fourth-order valence-electron chi connectivity index (χ4n) is 2.13. The van der Waals surface area contributed by atoms with E-state index in [1.54, 1.807) is 0 Å². The van der Waals surface area contributed by atoms with E-state index in [-0.39, 0.29) is 0 Å². The number of hydrogen-bond acceptors (Lipinski definition) is 2. The van der Waals surface area contributed by atoms with Crippen LogP contribution in [0.1, 0.15) is 38.5 Å². The zero-order valence-electron chi connectivity index (χ0n) is 11.1. The lowest BCUT2D eigenvalue weighted by Gasteiger charge is -2.19. The lowest BCUT2D eigenvalue weighted by molar-refractivity contribution is 0.387. The molecule has 0 fully saturated rings. The number of halogens is 1. The van der Waals surface area contributed by atoms with Crippen molar-refractivity contribution in [2.45, 2.75) is 40.0 Å². The maximum atomic E-state index is 3.56. The van der Waals surface area contributed by atoms with Crippen molar-refractivity contribution in [2.24, 2.45) is 11.8 Å². The van der Waals surface area contributed by atoms with Gasteiger partial charge in [0, 0.05) is 14.7 Å². The van der Waals surface area contributed by atoms with Crippen molar-refractivity contribution in [1.82, 2.24) is 5.32 Å². The van der Waals surface area contributed by atoms with Gasteiger partial charge in [-0.2, -0.15) is 0 Å². The monoisotopic (exact) mass is 317 g/mol. The molecule has 17 heavy (non-hydrogen) atoms.